The van der Waals surface area contributed by atoms with Gasteiger partial charge in [0.1, 0.15) is 23.1 Å². The van der Waals surface area contributed by atoms with Crippen molar-refractivity contribution < 1.29 is 37.2 Å². The molecule has 0 spiro atoms. The number of ether oxygens (including phenoxy) is 6. The number of fused-ring (bicyclic) bond motifs is 2. The summed E-state index contributed by atoms with van der Waals surface area (Å²) in [4.78, 5) is 0. The molecule has 0 saturated carbocycles. The molecule has 2 fully saturated rings. The first kappa shape index (κ1) is 36.8. The molecule has 0 aromatic heterocycles. The fourth-order valence-corrected chi connectivity index (χ4v) is 7.57. The Morgan fingerprint density at radius 3 is 1.37 bits per heavy atom. The van der Waals surface area contributed by atoms with E-state index in [4.69, 9.17) is 28.4 Å². The van der Waals surface area contributed by atoms with Gasteiger partial charge in [-0.05, 0) is 85.3 Å². The molecule has 4 heterocycles. The molecule has 4 aliphatic heterocycles. The van der Waals surface area contributed by atoms with Crippen LogP contribution in [0.5, 0.6) is 34.5 Å². The Kier molecular flexibility index (Phi) is 12.0. The molecule has 51 heavy (non-hydrogen) atoms. The first-order valence-electron chi connectivity index (χ1n) is 17.1. The third kappa shape index (κ3) is 8.25. The lowest BCUT2D eigenvalue weighted by atomic mass is 9.81. The zero-order valence-corrected chi connectivity index (χ0v) is 29.7. The Balaban J connectivity index is 0.00000224. The van der Waals surface area contributed by atoms with Crippen molar-refractivity contribution in [2.24, 2.45) is 11.8 Å². The molecule has 1 unspecified atom stereocenters. The molecule has 4 aliphatic rings. The third-order valence-electron chi connectivity index (χ3n) is 10.2. The topological polar surface area (TPSA) is 79.4 Å². The van der Waals surface area contributed by atoms with Crippen molar-refractivity contribution in [3.05, 3.63) is 107 Å². The molecule has 8 rings (SSSR count). The monoisotopic (exact) mass is 742 g/mol. The summed E-state index contributed by atoms with van der Waals surface area (Å²) in [6.07, 6.45) is 2.39. The number of benzene rings is 4. The molecule has 0 amide bonds. The average Bonchev–Trinajstić information content (AvgIpc) is 3.79. The van der Waals surface area contributed by atoms with Crippen molar-refractivity contribution in [1.29, 1.82) is 0 Å². The standard InChI is InChI=1S/C39H40F2N2O6.2ClH/c40-30-5-1-24(2-6-30)32-9-11-42-18-28(32)20-44-34-16-38-36(46-22-48-38)14-26(34)13-27-15-37-39(49-23-47-37)17-35(27)45-21-29-19-43-12-10-33(29)25-3-7-31(41)8-4-25;;/h1-8,14-17,28-29,32-33,42-43H,9-13,18-23H2;2*1H/t28-,29?,32-,33-;;/m0../s1. The summed E-state index contributed by atoms with van der Waals surface area (Å²) >= 11 is 0. The molecule has 0 aliphatic carbocycles. The van der Waals surface area contributed by atoms with Crippen molar-refractivity contribution in [1.82, 2.24) is 10.6 Å². The maximum absolute atomic E-state index is 13.7. The van der Waals surface area contributed by atoms with Crippen LogP contribution in [0.15, 0.2) is 72.8 Å². The van der Waals surface area contributed by atoms with Gasteiger partial charge in [-0.15, -0.1) is 24.8 Å². The lowest BCUT2D eigenvalue weighted by Crippen LogP contribution is -2.38. The number of piperidine rings is 2. The molecule has 8 nitrogen and oxygen atoms in total. The highest BCUT2D eigenvalue weighted by atomic mass is 35.5. The Morgan fingerprint density at radius 2 is 0.961 bits per heavy atom. The van der Waals surface area contributed by atoms with E-state index in [2.05, 4.69) is 10.6 Å². The molecular formula is C39H42Cl2F2N2O6. The van der Waals surface area contributed by atoms with Gasteiger partial charge in [0.05, 0.1) is 13.2 Å². The van der Waals surface area contributed by atoms with Crippen LogP contribution in [0.3, 0.4) is 0 Å². The fourth-order valence-electron chi connectivity index (χ4n) is 7.57. The normalized spacial score (nSPS) is 21.7. The fraction of sp³-hybridized carbons (Fsp3) is 0.385. The van der Waals surface area contributed by atoms with E-state index in [0.717, 1.165) is 61.3 Å². The molecule has 0 radical (unpaired) electrons. The lowest BCUT2D eigenvalue weighted by molar-refractivity contribution is 0.173. The first-order chi connectivity index (χ1) is 24.1. The smallest absolute Gasteiger partial charge is 0.231 e. The number of hydrogen-bond acceptors (Lipinski definition) is 8. The maximum Gasteiger partial charge on any atom is 0.231 e. The second-order valence-corrected chi connectivity index (χ2v) is 13.2. The number of halogens is 4. The molecule has 12 heteroatoms. The van der Waals surface area contributed by atoms with Gasteiger partial charge in [0, 0.05) is 54.6 Å². The molecule has 4 aromatic carbocycles. The van der Waals surface area contributed by atoms with E-state index in [1.54, 1.807) is 0 Å². The van der Waals surface area contributed by atoms with E-state index in [1.807, 2.05) is 48.5 Å². The zero-order valence-electron chi connectivity index (χ0n) is 28.0. The van der Waals surface area contributed by atoms with Crippen molar-refractivity contribution >= 4 is 24.8 Å². The van der Waals surface area contributed by atoms with Crippen LogP contribution < -0.4 is 39.1 Å². The minimum atomic E-state index is -0.231. The summed E-state index contributed by atoms with van der Waals surface area (Å²) in [5.74, 6) is 4.49. The molecule has 4 aromatic rings. The second-order valence-electron chi connectivity index (χ2n) is 13.2. The van der Waals surface area contributed by atoms with Gasteiger partial charge in [0.15, 0.2) is 23.0 Å². The SMILES string of the molecule is Cl.Cl.Fc1ccc([C@@H]2CCNCC2COc2cc3c(cc2Cc2cc4c(cc2OC[C@@H]2CNCC[C@H]2c2ccc(F)cc2)OCO4)OCO3)cc1. The predicted octanol–water partition coefficient (Wildman–Crippen LogP) is 7.40. The van der Waals surface area contributed by atoms with Crippen molar-refractivity contribution in [3.8, 4) is 34.5 Å². The van der Waals surface area contributed by atoms with E-state index in [-0.39, 0.29) is 73.7 Å². The highest BCUT2D eigenvalue weighted by molar-refractivity contribution is 5.85. The van der Waals surface area contributed by atoms with Crippen molar-refractivity contribution in [2.45, 2.75) is 31.1 Å². The molecule has 4 atom stereocenters. The van der Waals surface area contributed by atoms with Gasteiger partial charge >= 0.3 is 0 Å². The van der Waals surface area contributed by atoms with E-state index >= 15 is 0 Å². The quantitative estimate of drug-likeness (QED) is 0.174. The van der Waals surface area contributed by atoms with Gasteiger partial charge in [-0.3, -0.25) is 0 Å². The molecule has 2 saturated heterocycles. The van der Waals surface area contributed by atoms with Crippen molar-refractivity contribution in [3.63, 3.8) is 0 Å². The third-order valence-corrected chi connectivity index (χ3v) is 10.2. The summed E-state index contributed by atoms with van der Waals surface area (Å²) in [6, 6.07) is 21.5. The molecule has 272 valence electrons. The van der Waals surface area contributed by atoms with Crippen LogP contribution >= 0.6 is 24.8 Å². The van der Waals surface area contributed by atoms with Crippen molar-refractivity contribution in [2.75, 3.05) is 53.0 Å². The Morgan fingerprint density at radius 1 is 0.569 bits per heavy atom. The van der Waals surface area contributed by atoms with Crippen LogP contribution in [0, 0.1) is 23.5 Å². The minimum absolute atomic E-state index is 0. The van der Waals surface area contributed by atoms with Crippen LogP contribution in [-0.4, -0.2) is 53.0 Å². The number of hydrogen-bond donors (Lipinski definition) is 2. The molecule has 2 N–H and O–H groups in total. The van der Waals surface area contributed by atoms with Crippen LogP contribution in [0.4, 0.5) is 8.78 Å². The summed E-state index contributed by atoms with van der Waals surface area (Å²) in [6.45, 7) is 4.68. The van der Waals surface area contributed by atoms with Gasteiger partial charge < -0.3 is 39.1 Å². The maximum atomic E-state index is 13.7. The van der Waals surface area contributed by atoms with Gasteiger partial charge in [-0.1, -0.05) is 24.3 Å². The Labute approximate surface area is 308 Å². The first-order valence-corrected chi connectivity index (χ1v) is 17.1. The van der Waals surface area contributed by atoms with Crippen LogP contribution in [0.25, 0.3) is 0 Å². The largest absolute Gasteiger partial charge is 0.493 e. The highest BCUT2D eigenvalue weighted by Crippen LogP contribution is 2.44. The number of nitrogens with one attached hydrogen (secondary N) is 2. The Bertz CT molecular complexity index is 1650. The van der Waals surface area contributed by atoms with E-state index in [1.165, 1.54) is 24.3 Å². The van der Waals surface area contributed by atoms with Gasteiger partial charge in [0.25, 0.3) is 0 Å². The van der Waals surface area contributed by atoms with E-state index in [9.17, 15) is 8.78 Å². The average molecular weight is 744 g/mol. The van der Waals surface area contributed by atoms with Gasteiger partial charge in [-0.2, -0.15) is 0 Å². The minimum Gasteiger partial charge on any atom is -0.493 e. The van der Waals surface area contributed by atoms with E-state index in [0.29, 0.717) is 54.1 Å². The van der Waals surface area contributed by atoms with Gasteiger partial charge in [-0.25, -0.2) is 8.78 Å². The van der Waals surface area contributed by atoms with Crippen LogP contribution in [0.1, 0.15) is 46.9 Å². The van der Waals surface area contributed by atoms with Crippen LogP contribution in [0.2, 0.25) is 0 Å². The van der Waals surface area contributed by atoms with Crippen LogP contribution in [-0.2, 0) is 6.42 Å². The summed E-state index contributed by atoms with van der Waals surface area (Å²) < 4.78 is 63.7. The summed E-state index contributed by atoms with van der Waals surface area (Å²) in [5, 5.41) is 7.01. The molecular weight excluding hydrogens is 701 g/mol. The second kappa shape index (κ2) is 16.6. The lowest BCUT2D eigenvalue weighted by Gasteiger charge is -2.33. The highest BCUT2D eigenvalue weighted by Gasteiger charge is 2.30. The van der Waals surface area contributed by atoms with Gasteiger partial charge in [0.2, 0.25) is 13.6 Å². The Hall–Kier alpha value is -3.96. The summed E-state index contributed by atoms with van der Waals surface area (Å²) in [7, 11) is 0. The summed E-state index contributed by atoms with van der Waals surface area (Å²) in [5.41, 5.74) is 4.11. The van der Waals surface area contributed by atoms with E-state index < -0.39 is 0 Å². The number of rotatable bonds is 10. The molecule has 0 bridgehead atoms. The predicted molar refractivity (Wildman–Crippen MR) is 194 cm³/mol. The zero-order chi connectivity index (χ0) is 33.2.